The molecule has 1 amide bonds. The molecule has 0 atom stereocenters. The van der Waals surface area contributed by atoms with Gasteiger partial charge in [0.2, 0.25) is 0 Å². The lowest BCUT2D eigenvalue weighted by Crippen LogP contribution is -2.35. The topological polar surface area (TPSA) is 70.5 Å². The van der Waals surface area contributed by atoms with Crippen LogP contribution >= 0.6 is 23.2 Å². The lowest BCUT2D eigenvalue weighted by Gasteiger charge is -2.20. The van der Waals surface area contributed by atoms with Gasteiger partial charge in [0.05, 0.1) is 10.6 Å². The zero-order chi connectivity index (χ0) is 15.4. The number of carboxylic acids is 1. The van der Waals surface area contributed by atoms with Crippen LogP contribution in [0.15, 0.2) is 42.6 Å². The van der Waals surface area contributed by atoms with Gasteiger partial charge in [0.25, 0.3) is 5.91 Å². The molecule has 0 fully saturated rings. The highest BCUT2D eigenvalue weighted by atomic mass is 35.5. The van der Waals surface area contributed by atoms with Crippen LogP contribution in [-0.2, 0) is 4.79 Å². The second-order valence-electron chi connectivity index (χ2n) is 4.12. The number of carbonyl (C=O) groups is 2. The van der Waals surface area contributed by atoms with Gasteiger partial charge in [-0.1, -0.05) is 41.4 Å². The van der Waals surface area contributed by atoms with Gasteiger partial charge in [-0.2, -0.15) is 0 Å². The van der Waals surface area contributed by atoms with Gasteiger partial charge in [-0.15, -0.1) is 0 Å². The maximum Gasteiger partial charge on any atom is 0.323 e. The summed E-state index contributed by atoms with van der Waals surface area (Å²) in [6.07, 6.45) is 1.26. The highest BCUT2D eigenvalue weighted by molar-refractivity contribution is 6.41. The predicted molar refractivity (Wildman–Crippen MR) is 80.0 cm³/mol. The first-order valence-corrected chi connectivity index (χ1v) is 6.64. The van der Waals surface area contributed by atoms with Crippen molar-refractivity contribution in [1.29, 1.82) is 0 Å². The van der Waals surface area contributed by atoms with E-state index in [4.69, 9.17) is 28.3 Å². The van der Waals surface area contributed by atoms with Crippen LogP contribution in [0, 0.1) is 0 Å². The highest BCUT2D eigenvalue weighted by Crippen LogP contribution is 2.22. The molecule has 0 spiro atoms. The summed E-state index contributed by atoms with van der Waals surface area (Å²) in [5.41, 5.74) is 0.630. The number of hydrogen-bond donors (Lipinski definition) is 1. The Bertz CT molecular complexity index is 677. The molecule has 0 aliphatic carbocycles. The third-order valence-electron chi connectivity index (χ3n) is 2.65. The number of halogens is 2. The number of nitrogens with zero attached hydrogens (tertiary/aromatic N) is 2. The SMILES string of the molecule is O=C(O)CN(C(=O)c1cnc(Cl)c(Cl)c1)c1ccccc1. The molecule has 0 aliphatic rings. The average molecular weight is 325 g/mol. The maximum absolute atomic E-state index is 12.5. The molecule has 1 N–H and O–H groups in total. The molecule has 0 saturated carbocycles. The first-order chi connectivity index (χ1) is 9.99. The number of aliphatic carboxylic acids is 1. The van der Waals surface area contributed by atoms with Gasteiger partial charge in [-0.05, 0) is 18.2 Å². The predicted octanol–water partition coefficient (Wildman–Crippen LogP) is 3.12. The number of carbonyl (C=O) groups excluding carboxylic acids is 1. The van der Waals surface area contributed by atoms with Crippen LogP contribution < -0.4 is 4.90 Å². The van der Waals surface area contributed by atoms with Crippen molar-refractivity contribution in [2.24, 2.45) is 0 Å². The molecule has 0 unspecified atom stereocenters. The first kappa shape index (κ1) is 15.3. The zero-order valence-electron chi connectivity index (χ0n) is 10.7. The van der Waals surface area contributed by atoms with Crippen LogP contribution in [0.5, 0.6) is 0 Å². The number of anilines is 1. The van der Waals surface area contributed by atoms with E-state index in [0.717, 1.165) is 4.90 Å². The third-order valence-corrected chi connectivity index (χ3v) is 3.34. The minimum atomic E-state index is -1.12. The zero-order valence-corrected chi connectivity index (χ0v) is 12.2. The molecule has 1 aromatic heterocycles. The number of pyridine rings is 1. The highest BCUT2D eigenvalue weighted by Gasteiger charge is 2.21. The second kappa shape index (κ2) is 6.56. The smallest absolute Gasteiger partial charge is 0.323 e. The van der Waals surface area contributed by atoms with Crippen LogP contribution in [-0.4, -0.2) is 28.5 Å². The third kappa shape index (κ3) is 3.71. The number of para-hydroxylation sites is 1. The van der Waals surface area contributed by atoms with Gasteiger partial charge in [0.1, 0.15) is 11.7 Å². The first-order valence-electron chi connectivity index (χ1n) is 5.89. The van der Waals surface area contributed by atoms with Crippen LogP contribution in [0.1, 0.15) is 10.4 Å². The molecular weight excluding hydrogens is 315 g/mol. The van der Waals surface area contributed by atoms with E-state index in [0.29, 0.717) is 5.69 Å². The summed E-state index contributed by atoms with van der Waals surface area (Å²) >= 11 is 11.5. The molecule has 2 aromatic rings. The Morgan fingerprint density at radius 2 is 1.86 bits per heavy atom. The van der Waals surface area contributed by atoms with Crippen molar-refractivity contribution in [1.82, 2.24) is 4.98 Å². The molecule has 0 aliphatic heterocycles. The number of hydrogen-bond acceptors (Lipinski definition) is 3. The van der Waals surface area contributed by atoms with Gasteiger partial charge >= 0.3 is 5.97 Å². The summed E-state index contributed by atoms with van der Waals surface area (Å²) in [5, 5.41) is 9.19. The number of rotatable bonds is 4. The Labute approximate surface area is 130 Å². The van der Waals surface area contributed by atoms with Crippen LogP contribution in [0.3, 0.4) is 0 Å². The molecule has 7 heteroatoms. The van der Waals surface area contributed by atoms with E-state index < -0.39 is 18.4 Å². The van der Waals surface area contributed by atoms with Crippen LogP contribution in [0.25, 0.3) is 0 Å². The van der Waals surface area contributed by atoms with Crippen LogP contribution in [0.2, 0.25) is 10.2 Å². The van der Waals surface area contributed by atoms with Crippen molar-refractivity contribution in [3.05, 3.63) is 58.3 Å². The van der Waals surface area contributed by atoms with Gasteiger partial charge < -0.3 is 5.11 Å². The maximum atomic E-state index is 12.5. The van der Waals surface area contributed by atoms with E-state index >= 15 is 0 Å². The molecule has 0 radical (unpaired) electrons. The fourth-order valence-corrected chi connectivity index (χ4v) is 1.99. The average Bonchev–Trinajstić information content (AvgIpc) is 2.47. The Balaban J connectivity index is 2.38. The van der Waals surface area contributed by atoms with Crippen molar-refractivity contribution < 1.29 is 14.7 Å². The summed E-state index contributed by atoms with van der Waals surface area (Å²) in [5.74, 6) is -1.64. The number of aromatic nitrogens is 1. The summed E-state index contributed by atoms with van der Waals surface area (Å²) in [7, 11) is 0. The Morgan fingerprint density at radius 3 is 2.43 bits per heavy atom. The molecule has 1 heterocycles. The molecule has 108 valence electrons. The van der Waals surface area contributed by atoms with Gasteiger partial charge in [0.15, 0.2) is 0 Å². The quantitative estimate of drug-likeness (QED) is 0.877. The van der Waals surface area contributed by atoms with Crippen molar-refractivity contribution >= 4 is 40.8 Å². The summed E-state index contributed by atoms with van der Waals surface area (Å²) in [6.45, 7) is -0.469. The lowest BCUT2D eigenvalue weighted by molar-refractivity contribution is -0.135. The Hall–Kier alpha value is -2.11. The molecule has 2 rings (SSSR count). The van der Waals surface area contributed by atoms with E-state index in [1.807, 2.05) is 0 Å². The molecule has 0 saturated heterocycles. The van der Waals surface area contributed by atoms with Crippen LogP contribution in [0.4, 0.5) is 5.69 Å². The van der Waals surface area contributed by atoms with Gasteiger partial charge in [0, 0.05) is 11.9 Å². The largest absolute Gasteiger partial charge is 0.480 e. The van der Waals surface area contributed by atoms with E-state index in [-0.39, 0.29) is 15.7 Å². The fourth-order valence-electron chi connectivity index (χ4n) is 1.72. The molecule has 0 bridgehead atoms. The number of benzene rings is 1. The van der Waals surface area contributed by atoms with E-state index in [9.17, 15) is 9.59 Å². The molecular formula is C14H10Cl2N2O3. The molecule has 5 nitrogen and oxygen atoms in total. The van der Waals surface area contributed by atoms with Gasteiger partial charge in [-0.25, -0.2) is 4.98 Å². The normalized spacial score (nSPS) is 10.2. The second-order valence-corrected chi connectivity index (χ2v) is 4.88. The lowest BCUT2D eigenvalue weighted by atomic mass is 10.2. The monoisotopic (exact) mass is 324 g/mol. The summed E-state index contributed by atoms with van der Waals surface area (Å²) < 4.78 is 0. The Kier molecular flexibility index (Phi) is 4.77. The standard InChI is InChI=1S/C14H10Cl2N2O3/c15-11-6-9(7-17-13(11)16)14(21)18(8-12(19)20)10-4-2-1-3-5-10/h1-7H,8H2,(H,19,20). The van der Waals surface area contributed by atoms with Crippen molar-refractivity contribution in [2.45, 2.75) is 0 Å². The minimum absolute atomic E-state index is 0.0812. The molecule has 1 aromatic carbocycles. The van der Waals surface area contributed by atoms with E-state index in [2.05, 4.69) is 4.98 Å². The summed E-state index contributed by atoms with van der Waals surface area (Å²) in [4.78, 5) is 28.4. The van der Waals surface area contributed by atoms with E-state index in [1.54, 1.807) is 30.3 Å². The van der Waals surface area contributed by atoms with Crippen molar-refractivity contribution in [3.8, 4) is 0 Å². The number of carboxylic acid groups (broad SMARTS) is 1. The fraction of sp³-hybridized carbons (Fsp3) is 0.0714. The molecule has 21 heavy (non-hydrogen) atoms. The Morgan fingerprint density at radius 1 is 1.19 bits per heavy atom. The number of amides is 1. The van der Waals surface area contributed by atoms with Crippen molar-refractivity contribution in [3.63, 3.8) is 0 Å². The van der Waals surface area contributed by atoms with Gasteiger partial charge in [-0.3, -0.25) is 14.5 Å². The summed E-state index contributed by atoms with van der Waals surface area (Å²) in [6, 6.07) is 9.84. The van der Waals surface area contributed by atoms with E-state index in [1.165, 1.54) is 12.3 Å². The minimum Gasteiger partial charge on any atom is -0.480 e. The van der Waals surface area contributed by atoms with Crippen molar-refractivity contribution in [2.75, 3.05) is 11.4 Å².